The molecule has 0 bridgehead atoms. The highest BCUT2D eigenvalue weighted by molar-refractivity contribution is 5.44. The Balaban J connectivity index is 2.07. The average molecular weight is 311 g/mol. The van der Waals surface area contributed by atoms with Crippen LogP contribution in [0, 0.1) is 19.8 Å². The van der Waals surface area contributed by atoms with Gasteiger partial charge in [-0.15, -0.1) is 0 Å². The van der Waals surface area contributed by atoms with Crippen molar-refractivity contribution in [3.8, 4) is 5.75 Å². The number of nitrogens with two attached hydrogens (primary N) is 1. The van der Waals surface area contributed by atoms with Gasteiger partial charge in [0.05, 0.1) is 0 Å². The van der Waals surface area contributed by atoms with E-state index in [1.54, 1.807) is 0 Å². The molecule has 0 aliphatic carbocycles. The zero-order chi connectivity index (χ0) is 16.8. The lowest BCUT2D eigenvalue weighted by Gasteiger charge is -2.18. The number of aryl methyl sites for hydroxylation is 2. The average Bonchev–Trinajstić information content (AvgIpc) is 2.52. The minimum atomic E-state index is 0.109. The highest BCUT2D eigenvalue weighted by Gasteiger charge is 2.12. The van der Waals surface area contributed by atoms with Gasteiger partial charge < -0.3 is 10.5 Å². The summed E-state index contributed by atoms with van der Waals surface area (Å²) in [7, 11) is 0. The number of hydrogen-bond donors (Lipinski definition) is 1. The van der Waals surface area contributed by atoms with E-state index in [9.17, 15) is 0 Å². The summed E-state index contributed by atoms with van der Waals surface area (Å²) >= 11 is 0. The number of benzene rings is 2. The maximum atomic E-state index is 6.36. The Bertz CT molecular complexity index is 596. The molecule has 2 N–H and O–H groups in total. The fourth-order valence-corrected chi connectivity index (χ4v) is 2.83. The molecule has 0 spiro atoms. The first-order valence-corrected chi connectivity index (χ1v) is 8.50. The Kier molecular flexibility index (Phi) is 6.23. The van der Waals surface area contributed by atoms with Gasteiger partial charge in [0, 0.05) is 6.04 Å². The van der Waals surface area contributed by atoms with Crippen molar-refractivity contribution in [3.05, 3.63) is 64.7 Å². The van der Waals surface area contributed by atoms with Crippen molar-refractivity contribution >= 4 is 0 Å². The minimum absolute atomic E-state index is 0.109. The van der Waals surface area contributed by atoms with Crippen molar-refractivity contribution in [3.63, 3.8) is 0 Å². The Morgan fingerprint density at radius 3 is 2.13 bits per heavy atom. The predicted molar refractivity (Wildman–Crippen MR) is 97.7 cm³/mol. The van der Waals surface area contributed by atoms with Crippen LogP contribution in [0.25, 0.3) is 0 Å². The minimum Gasteiger partial charge on any atom is -0.488 e. The molecule has 0 saturated heterocycles. The van der Waals surface area contributed by atoms with E-state index in [0.29, 0.717) is 12.5 Å². The predicted octanol–water partition coefficient (Wildman–Crippen LogP) is 5.32. The van der Waals surface area contributed by atoms with Gasteiger partial charge in [0.25, 0.3) is 0 Å². The molecule has 2 heteroatoms. The molecule has 0 saturated carbocycles. The summed E-state index contributed by atoms with van der Waals surface area (Å²) in [6.45, 7) is 9.28. The molecule has 0 radical (unpaired) electrons. The van der Waals surface area contributed by atoms with Crippen LogP contribution in [0.1, 0.15) is 55.0 Å². The summed E-state index contributed by atoms with van der Waals surface area (Å²) in [4.78, 5) is 0. The molecule has 0 aliphatic rings. The van der Waals surface area contributed by atoms with Gasteiger partial charge in [0.15, 0.2) is 0 Å². The zero-order valence-corrected chi connectivity index (χ0v) is 14.8. The van der Waals surface area contributed by atoms with E-state index in [-0.39, 0.29) is 6.04 Å². The molecule has 0 heterocycles. The van der Waals surface area contributed by atoms with Crippen LogP contribution >= 0.6 is 0 Å². The van der Waals surface area contributed by atoms with E-state index in [1.807, 2.05) is 18.2 Å². The molecule has 124 valence electrons. The van der Waals surface area contributed by atoms with Crippen molar-refractivity contribution in [2.24, 2.45) is 11.7 Å². The Hall–Kier alpha value is -1.80. The lowest BCUT2D eigenvalue weighted by molar-refractivity contribution is 0.302. The molecule has 23 heavy (non-hydrogen) atoms. The number of hydrogen-bond acceptors (Lipinski definition) is 2. The van der Waals surface area contributed by atoms with E-state index < -0.39 is 0 Å². The van der Waals surface area contributed by atoms with E-state index in [2.05, 4.69) is 52.0 Å². The number of rotatable bonds is 7. The molecule has 1 atom stereocenters. The second-order valence-electron chi connectivity index (χ2n) is 6.84. The molecular formula is C21H29NO. The van der Waals surface area contributed by atoms with E-state index >= 15 is 0 Å². The lowest BCUT2D eigenvalue weighted by Crippen LogP contribution is -2.12. The van der Waals surface area contributed by atoms with Crippen molar-refractivity contribution in [1.29, 1.82) is 0 Å². The Labute approximate surface area is 140 Å². The van der Waals surface area contributed by atoms with Gasteiger partial charge in [-0.2, -0.15) is 0 Å². The van der Waals surface area contributed by atoms with Crippen LogP contribution in [0.2, 0.25) is 0 Å². The molecule has 0 amide bonds. The Morgan fingerprint density at radius 2 is 1.57 bits per heavy atom. The molecule has 0 aliphatic heterocycles. The maximum Gasteiger partial charge on any atom is 0.125 e. The van der Waals surface area contributed by atoms with Crippen LogP contribution in [0.5, 0.6) is 5.75 Å². The monoisotopic (exact) mass is 311 g/mol. The van der Waals surface area contributed by atoms with Gasteiger partial charge in [-0.25, -0.2) is 0 Å². The molecular weight excluding hydrogens is 282 g/mol. The summed E-state index contributed by atoms with van der Waals surface area (Å²) in [5, 5.41) is 0. The van der Waals surface area contributed by atoms with Gasteiger partial charge in [-0.1, -0.05) is 56.3 Å². The van der Waals surface area contributed by atoms with E-state index in [1.165, 1.54) is 11.1 Å². The summed E-state index contributed by atoms with van der Waals surface area (Å²) in [6.07, 6.45) is 2.19. The van der Waals surface area contributed by atoms with Gasteiger partial charge in [0.2, 0.25) is 0 Å². The smallest absolute Gasteiger partial charge is 0.125 e. The molecule has 2 nitrogen and oxygen atoms in total. The molecule has 0 aromatic heterocycles. The molecule has 2 aromatic rings. The lowest BCUT2D eigenvalue weighted by atomic mass is 9.95. The fraction of sp³-hybridized carbons (Fsp3) is 0.429. The van der Waals surface area contributed by atoms with Crippen LogP contribution in [-0.4, -0.2) is 0 Å². The zero-order valence-electron chi connectivity index (χ0n) is 14.8. The first-order chi connectivity index (χ1) is 11.0. The van der Waals surface area contributed by atoms with Crippen LogP contribution in [0.4, 0.5) is 0 Å². The normalized spacial score (nSPS) is 12.4. The van der Waals surface area contributed by atoms with Crippen molar-refractivity contribution in [1.82, 2.24) is 0 Å². The quantitative estimate of drug-likeness (QED) is 0.751. The fourth-order valence-electron chi connectivity index (χ4n) is 2.83. The SMILES string of the molecule is Cc1cc([C@@H](N)CCC(C)C)cc(C)c1OCc1ccccc1. The standard InChI is InChI=1S/C21H29NO/c1-15(2)10-11-20(22)19-12-16(3)21(17(4)13-19)23-14-18-8-6-5-7-9-18/h5-9,12-13,15,20H,10-11,14,22H2,1-4H3/t20-/m0/s1. The van der Waals surface area contributed by atoms with E-state index in [0.717, 1.165) is 29.7 Å². The maximum absolute atomic E-state index is 6.36. The second-order valence-corrected chi connectivity index (χ2v) is 6.84. The topological polar surface area (TPSA) is 35.2 Å². The Morgan fingerprint density at radius 1 is 0.957 bits per heavy atom. The third kappa shape index (κ3) is 5.11. The van der Waals surface area contributed by atoms with Crippen molar-refractivity contribution in [2.45, 2.75) is 53.2 Å². The van der Waals surface area contributed by atoms with Gasteiger partial charge in [0.1, 0.15) is 12.4 Å². The summed E-state index contributed by atoms with van der Waals surface area (Å²) in [5.74, 6) is 1.67. The van der Waals surface area contributed by atoms with Crippen molar-refractivity contribution < 1.29 is 4.74 Å². The first-order valence-electron chi connectivity index (χ1n) is 8.50. The van der Waals surface area contributed by atoms with Crippen LogP contribution in [0.15, 0.2) is 42.5 Å². The van der Waals surface area contributed by atoms with Crippen LogP contribution in [0.3, 0.4) is 0 Å². The molecule has 2 aromatic carbocycles. The first kappa shape index (κ1) is 17.6. The van der Waals surface area contributed by atoms with E-state index in [4.69, 9.17) is 10.5 Å². The van der Waals surface area contributed by atoms with Crippen LogP contribution in [-0.2, 0) is 6.61 Å². The van der Waals surface area contributed by atoms with Crippen LogP contribution < -0.4 is 10.5 Å². The second kappa shape index (κ2) is 8.16. The molecule has 0 unspecified atom stereocenters. The highest BCUT2D eigenvalue weighted by Crippen LogP contribution is 2.29. The van der Waals surface area contributed by atoms with Gasteiger partial charge >= 0.3 is 0 Å². The van der Waals surface area contributed by atoms with Crippen molar-refractivity contribution in [2.75, 3.05) is 0 Å². The summed E-state index contributed by atoms with van der Waals surface area (Å²) in [5.41, 5.74) is 11.1. The summed E-state index contributed by atoms with van der Waals surface area (Å²) in [6, 6.07) is 14.7. The third-order valence-electron chi connectivity index (χ3n) is 4.19. The molecule has 0 fully saturated rings. The summed E-state index contributed by atoms with van der Waals surface area (Å²) < 4.78 is 6.05. The highest BCUT2D eigenvalue weighted by atomic mass is 16.5. The largest absolute Gasteiger partial charge is 0.488 e. The van der Waals surface area contributed by atoms with Gasteiger partial charge in [-0.3, -0.25) is 0 Å². The third-order valence-corrected chi connectivity index (χ3v) is 4.19. The number of ether oxygens (including phenoxy) is 1. The molecule has 2 rings (SSSR count). The van der Waals surface area contributed by atoms with Gasteiger partial charge in [-0.05, 0) is 54.9 Å².